The van der Waals surface area contributed by atoms with Gasteiger partial charge in [0.25, 0.3) is 5.91 Å². The van der Waals surface area contributed by atoms with E-state index in [1.54, 1.807) is 6.20 Å². The van der Waals surface area contributed by atoms with Crippen LogP contribution in [0.1, 0.15) is 29.6 Å². The summed E-state index contributed by atoms with van der Waals surface area (Å²) in [6.07, 6.45) is 3.93. The van der Waals surface area contributed by atoms with Gasteiger partial charge in [-0.3, -0.25) is 14.9 Å². The van der Waals surface area contributed by atoms with E-state index in [2.05, 4.69) is 27.3 Å². The summed E-state index contributed by atoms with van der Waals surface area (Å²) < 4.78 is 30.0. The number of nitrogens with one attached hydrogen (secondary N) is 1. The second-order valence-electron chi connectivity index (χ2n) is 8.28. The minimum atomic E-state index is -0.923. The molecule has 0 unspecified atom stereocenters. The number of ether oxygens (including phenoxy) is 3. The van der Waals surface area contributed by atoms with Crippen LogP contribution in [0.25, 0.3) is 10.4 Å². The Kier molecular flexibility index (Phi) is 9.04. The van der Waals surface area contributed by atoms with Crippen molar-refractivity contribution in [1.82, 2.24) is 4.98 Å². The Bertz CT molecular complexity index is 1240. The van der Waals surface area contributed by atoms with Crippen LogP contribution in [0, 0.1) is 5.82 Å². The number of hydrogen-bond acceptors (Lipinski definition) is 9. The maximum Gasteiger partial charge on any atom is 0.313 e. The van der Waals surface area contributed by atoms with Crippen molar-refractivity contribution in [3.8, 4) is 21.9 Å². The Morgan fingerprint density at radius 2 is 2.00 bits per heavy atom. The molecule has 9 nitrogen and oxygen atoms in total. The number of anilines is 2. The first-order valence-electron chi connectivity index (χ1n) is 11.9. The molecule has 1 aliphatic heterocycles. The average Bonchev–Trinajstić information content (AvgIpc) is 3.60. The lowest BCUT2D eigenvalue weighted by Gasteiger charge is -2.18. The summed E-state index contributed by atoms with van der Waals surface area (Å²) in [5.41, 5.74) is 2.14. The number of amides is 1. The molecule has 3 aromatic rings. The molecule has 196 valence electrons. The molecule has 2 aromatic carbocycles. The fraction of sp³-hybridized carbons (Fsp3) is 0.346. The Balaban J connectivity index is 1.43. The lowest BCUT2D eigenvalue weighted by molar-refractivity contribution is -0.136. The number of aliphatic hydroxyl groups is 1. The van der Waals surface area contributed by atoms with E-state index in [1.165, 1.54) is 37.4 Å². The summed E-state index contributed by atoms with van der Waals surface area (Å²) in [4.78, 5) is 32.4. The van der Waals surface area contributed by atoms with Crippen LogP contribution in [0.2, 0.25) is 0 Å². The van der Waals surface area contributed by atoms with E-state index < -0.39 is 23.4 Å². The molecule has 37 heavy (non-hydrogen) atoms. The van der Waals surface area contributed by atoms with Gasteiger partial charge in [0, 0.05) is 30.5 Å². The molecule has 0 atom stereocenters. The Hall–Kier alpha value is -3.54. The highest BCUT2D eigenvalue weighted by molar-refractivity contribution is 7.19. The largest absolute Gasteiger partial charge is 0.493 e. The van der Waals surface area contributed by atoms with E-state index in [4.69, 9.17) is 19.3 Å². The predicted octanol–water partition coefficient (Wildman–Crippen LogP) is 4.11. The van der Waals surface area contributed by atoms with Gasteiger partial charge in [0.2, 0.25) is 5.75 Å². The van der Waals surface area contributed by atoms with E-state index in [0.717, 1.165) is 35.3 Å². The van der Waals surface area contributed by atoms with E-state index in [-0.39, 0.29) is 37.6 Å². The first kappa shape index (κ1) is 26.5. The summed E-state index contributed by atoms with van der Waals surface area (Å²) in [6, 6.07) is 10.5. The SMILES string of the molecule is COc1cc(C(=O)Nc2ncc(-c3cccc(N4CCCC4)c3)s2)cc(F)c1OC(=O)CCOCCO. The Labute approximate surface area is 217 Å². The summed E-state index contributed by atoms with van der Waals surface area (Å²) in [7, 11) is 1.28. The fourth-order valence-corrected chi connectivity index (χ4v) is 4.71. The highest BCUT2D eigenvalue weighted by atomic mass is 32.1. The molecule has 1 aromatic heterocycles. The molecule has 11 heteroatoms. The molecule has 1 saturated heterocycles. The van der Waals surface area contributed by atoms with E-state index >= 15 is 0 Å². The van der Waals surface area contributed by atoms with Gasteiger partial charge in [-0.15, -0.1) is 0 Å². The minimum Gasteiger partial charge on any atom is -0.493 e. The second-order valence-corrected chi connectivity index (χ2v) is 9.31. The number of nitrogens with zero attached hydrogens (tertiary/aromatic N) is 2. The van der Waals surface area contributed by atoms with E-state index in [9.17, 15) is 14.0 Å². The van der Waals surface area contributed by atoms with E-state index in [0.29, 0.717) is 5.13 Å². The number of aromatic nitrogens is 1. The number of carbonyl (C=O) groups excluding carboxylic acids is 2. The average molecular weight is 530 g/mol. The highest BCUT2D eigenvalue weighted by Crippen LogP contribution is 2.34. The van der Waals surface area contributed by atoms with Gasteiger partial charge in [0.15, 0.2) is 16.7 Å². The van der Waals surface area contributed by atoms with Crippen molar-refractivity contribution in [3.63, 3.8) is 0 Å². The zero-order valence-electron chi connectivity index (χ0n) is 20.4. The summed E-state index contributed by atoms with van der Waals surface area (Å²) >= 11 is 1.31. The number of halogens is 1. The molecule has 1 fully saturated rings. The molecular weight excluding hydrogens is 501 g/mol. The second kappa shape index (κ2) is 12.6. The van der Waals surface area contributed by atoms with Gasteiger partial charge in [0.1, 0.15) is 0 Å². The van der Waals surface area contributed by atoms with Gasteiger partial charge in [0.05, 0.1) is 38.2 Å². The molecule has 2 heterocycles. The van der Waals surface area contributed by atoms with Crippen molar-refractivity contribution in [2.45, 2.75) is 19.3 Å². The van der Waals surface area contributed by atoms with Crippen LogP contribution in [0.4, 0.5) is 15.2 Å². The monoisotopic (exact) mass is 529 g/mol. The zero-order valence-corrected chi connectivity index (χ0v) is 21.2. The van der Waals surface area contributed by atoms with Crippen LogP contribution in [0.5, 0.6) is 11.5 Å². The predicted molar refractivity (Wildman–Crippen MR) is 138 cm³/mol. The highest BCUT2D eigenvalue weighted by Gasteiger charge is 2.21. The van der Waals surface area contributed by atoms with Gasteiger partial charge in [-0.05, 0) is 42.7 Å². The van der Waals surface area contributed by atoms with Crippen LogP contribution in [0.3, 0.4) is 0 Å². The Morgan fingerprint density at radius 3 is 2.76 bits per heavy atom. The smallest absolute Gasteiger partial charge is 0.313 e. The first-order valence-corrected chi connectivity index (χ1v) is 12.7. The van der Waals surface area contributed by atoms with Crippen molar-refractivity contribution in [2.24, 2.45) is 0 Å². The molecule has 0 aliphatic carbocycles. The third-order valence-electron chi connectivity index (χ3n) is 5.72. The van der Waals surface area contributed by atoms with Crippen LogP contribution in [-0.2, 0) is 9.53 Å². The fourth-order valence-electron chi connectivity index (χ4n) is 3.90. The van der Waals surface area contributed by atoms with Crippen molar-refractivity contribution >= 4 is 34.0 Å². The lowest BCUT2D eigenvalue weighted by Crippen LogP contribution is -2.17. The molecule has 4 rings (SSSR count). The van der Waals surface area contributed by atoms with Gasteiger partial charge >= 0.3 is 5.97 Å². The standard InChI is InChI=1S/C26H28FN3O6S/c1-34-21-15-18(14-20(27)24(21)36-23(32)7-11-35-12-10-31)25(33)29-26-28-16-22(37-26)17-5-4-6-19(13-17)30-8-2-3-9-30/h4-6,13-16,31H,2-3,7-12H2,1H3,(H,28,29,33). The third kappa shape index (κ3) is 6.82. The van der Waals surface area contributed by atoms with Crippen molar-refractivity contribution in [1.29, 1.82) is 0 Å². The number of benzene rings is 2. The van der Waals surface area contributed by atoms with Crippen molar-refractivity contribution < 1.29 is 33.3 Å². The molecule has 1 aliphatic rings. The molecule has 2 N–H and O–H groups in total. The normalized spacial score (nSPS) is 13.0. The summed E-state index contributed by atoms with van der Waals surface area (Å²) in [5, 5.41) is 11.7. The minimum absolute atomic E-state index is 0.0160. The van der Waals surface area contributed by atoms with Crippen LogP contribution >= 0.6 is 11.3 Å². The number of aliphatic hydroxyl groups excluding tert-OH is 1. The number of methoxy groups -OCH3 is 1. The summed E-state index contributed by atoms with van der Waals surface area (Å²) in [5.74, 6) is -2.77. The van der Waals surface area contributed by atoms with Crippen molar-refractivity contribution in [2.75, 3.05) is 50.2 Å². The topological polar surface area (TPSA) is 110 Å². The molecule has 1 amide bonds. The van der Waals surface area contributed by atoms with Crippen LogP contribution in [0.15, 0.2) is 42.6 Å². The molecular formula is C26H28FN3O6S. The van der Waals surface area contributed by atoms with Gasteiger partial charge < -0.3 is 24.2 Å². The number of carbonyl (C=O) groups is 2. The molecule has 0 saturated carbocycles. The van der Waals surface area contributed by atoms with Crippen LogP contribution < -0.4 is 19.7 Å². The maximum atomic E-state index is 14.8. The van der Waals surface area contributed by atoms with Crippen molar-refractivity contribution in [3.05, 3.63) is 54.0 Å². The molecule has 0 bridgehead atoms. The number of hydrogen-bond donors (Lipinski definition) is 2. The van der Waals surface area contributed by atoms with Crippen LogP contribution in [-0.4, -0.2) is 62.0 Å². The summed E-state index contributed by atoms with van der Waals surface area (Å²) in [6.45, 7) is 2.02. The van der Waals surface area contributed by atoms with Gasteiger partial charge in [-0.1, -0.05) is 23.5 Å². The number of thiazole rings is 1. The lowest BCUT2D eigenvalue weighted by atomic mass is 10.1. The third-order valence-corrected chi connectivity index (χ3v) is 6.68. The Morgan fingerprint density at radius 1 is 1.19 bits per heavy atom. The quantitative estimate of drug-likeness (QED) is 0.217. The van der Waals surface area contributed by atoms with E-state index in [1.807, 2.05) is 12.1 Å². The molecule has 0 spiro atoms. The maximum absolute atomic E-state index is 14.8. The number of rotatable bonds is 11. The molecule has 0 radical (unpaired) electrons. The van der Waals surface area contributed by atoms with Gasteiger partial charge in [-0.25, -0.2) is 9.37 Å². The zero-order chi connectivity index (χ0) is 26.2. The first-order chi connectivity index (χ1) is 18.0. The number of esters is 1. The van der Waals surface area contributed by atoms with Gasteiger partial charge in [-0.2, -0.15) is 0 Å².